The van der Waals surface area contributed by atoms with Crippen LogP contribution in [-0.4, -0.2) is 22.6 Å². The van der Waals surface area contributed by atoms with Crippen molar-refractivity contribution < 1.29 is 9.53 Å². The summed E-state index contributed by atoms with van der Waals surface area (Å²) in [6, 6.07) is 14.7. The minimum absolute atomic E-state index is 0.380. The number of hydrogen-bond donors (Lipinski definition) is 1. The number of anilines is 1. The zero-order valence-corrected chi connectivity index (χ0v) is 10.9. The maximum atomic E-state index is 11.6. The molecule has 0 radical (unpaired) electrons. The quantitative estimate of drug-likeness (QED) is 0.724. The van der Waals surface area contributed by atoms with Gasteiger partial charge in [-0.2, -0.15) is 0 Å². The normalized spacial score (nSPS) is 10.7. The summed E-state index contributed by atoms with van der Waals surface area (Å²) < 4.78 is 6.54. The number of benzene rings is 2. The zero-order chi connectivity index (χ0) is 14.1. The van der Waals surface area contributed by atoms with Crippen LogP contribution in [0.2, 0.25) is 0 Å². The monoisotopic (exact) mass is 267 g/mol. The minimum Gasteiger partial charge on any atom is -0.465 e. The molecule has 0 saturated heterocycles. The van der Waals surface area contributed by atoms with E-state index in [1.807, 2.05) is 34.9 Å². The number of ether oxygens (including phenoxy) is 1. The van der Waals surface area contributed by atoms with Crippen LogP contribution >= 0.6 is 0 Å². The van der Waals surface area contributed by atoms with Crippen LogP contribution in [0, 0.1) is 0 Å². The molecule has 0 atom stereocenters. The van der Waals surface area contributed by atoms with Gasteiger partial charge in [-0.05, 0) is 30.3 Å². The first kappa shape index (κ1) is 12.2. The van der Waals surface area contributed by atoms with Crippen LogP contribution < -0.4 is 5.73 Å². The predicted octanol–water partition coefficient (Wildman–Crippen LogP) is 2.39. The standard InChI is InChI=1S/C15H13N3O2/c1-20-14(19)10-5-4-6-11(9-10)18-13-8-3-2-7-12(13)17-15(18)16/h2-9H,1H3,(H2,16,17). The van der Waals surface area contributed by atoms with Gasteiger partial charge in [0, 0.05) is 5.69 Å². The highest BCUT2D eigenvalue weighted by molar-refractivity contribution is 5.90. The van der Waals surface area contributed by atoms with Gasteiger partial charge in [-0.3, -0.25) is 4.57 Å². The zero-order valence-electron chi connectivity index (χ0n) is 10.9. The van der Waals surface area contributed by atoms with Crippen LogP contribution in [0.25, 0.3) is 16.7 Å². The fraction of sp³-hybridized carbons (Fsp3) is 0.0667. The summed E-state index contributed by atoms with van der Waals surface area (Å²) in [6.45, 7) is 0. The Balaban J connectivity index is 2.21. The van der Waals surface area contributed by atoms with Crippen LogP contribution in [0.15, 0.2) is 48.5 Å². The first-order valence-electron chi connectivity index (χ1n) is 6.12. The number of methoxy groups -OCH3 is 1. The van der Waals surface area contributed by atoms with Crippen molar-refractivity contribution in [2.75, 3.05) is 12.8 Å². The Kier molecular flexibility index (Phi) is 2.87. The van der Waals surface area contributed by atoms with E-state index in [1.54, 1.807) is 18.2 Å². The summed E-state index contributed by atoms with van der Waals surface area (Å²) in [6.07, 6.45) is 0. The van der Waals surface area contributed by atoms with Gasteiger partial charge in [0.1, 0.15) is 0 Å². The number of rotatable bonds is 2. The molecule has 0 bridgehead atoms. The Morgan fingerprint density at radius 1 is 1.20 bits per heavy atom. The average Bonchev–Trinajstić information content (AvgIpc) is 2.82. The number of fused-ring (bicyclic) bond motifs is 1. The van der Waals surface area contributed by atoms with Crippen molar-refractivity contribution in [2.24, 2.45) is 0 Å². The maximum Gasteiger partial charge on any atom is 0.337 e. The lowest BCUT2D eigenvalue weighted by Crippen LogP contribution is -2.04. The number of nitrogens with two attached hydrogens (primary N) is 1. The number of imidazole rings is 1. The number of para-hydroxylation sites is 2. The number of esters is 1. The highest BCUT2D eigenvalue weighted by Crippen LogP contribution is 2.23. The van der Waals surface area contributed by atoms with Gasteiger partial charge in [-0.15, -0.1) is 0 Å². The lowest BCUT2D eigenvalue weighted by molar-refractivity contribution is 0.0600. The smallest absolute Gasteiger partial charge is 0.337 e. The molecule has 0 spiro atoms. The molecule has 1 heterocycles. The Labute approximate surface area is 115 Å². The predicted molar refractivity (Wildman–Crippen MR) is 76.8 cm³/mol. The van der Waals surface area contributed by atoms with E-state index in [-0.39, 0.29) is 5.97 Å². The van der Waals surface area contributed by atoms with E-state index < -0.39 is 0 Å². The van der Waals surface area contributed by atoms with Crippen molar-refractivity contribution in [1.29, 1.82) is 0 Å². The lowest BCUT2D eigenvalue weighted by atomic mass is 10.2. The fourth-order valence-electron chi connectivity index (χ4n) is 2.21. The molecule has 1 aromatic heterocycles. The van der Waals surface area contributed by atoms with E-state index in [9.17, 15) is 4.79 Å². The van der Waals surface area contributed by atoms with Crippen LogP contribution in [0.1, 0.15) is 10.4 Å². The highest BCUT2D eigenvalue weighted by atomic mass is 16.5. The van der Waals surface area contributed by atoms with Crippen molar-refractivity contribution in [3.63, 3.8) is 0 Å². The van der Waals surface area contributed by atoms with Gasteiger partial charge in [0.25, 0.3) is 0 Å². The van der Waals surface area contributed by atoms with Crippen molar-refractivity contribution in [3.8, 4) is 5.69 Å². The van der Waals surface area contributed by atoms with E-state index in [1.165, 1.54) is 7.11 Å². The topological polar surface area (TPSA) is 70.1 Å². The van der Waals surface area contributed by atoms with Gasteiger partial charge < -0.3 is 10.5 Å². The molecule has 0 aliphatic heterocycles. The van der Waals surface area contributed by atoms with Gasteiger partial charge in [0.05, 0.1) is 23.7 Å². The Morgan fingerprint density at radius 3 is 2.80 bits per heavy atom. The van der Waals surface area contributed by atoms with Gasteiger partial charge in [-0.25, -0.2) is 9.78 Å². The molecule has 20 heavy (non-hydrogen) atoms. The summed E-state index contributed by atoms with van der Waals surface area (Å²) in [4.78, 5) is 15.9. The largest absolute Gasteiger partial charge is 0.465 e. The van der Waals surface area contributed by atoms with E-state index in [0.717, 1.165) is 16.7 Å². The first-order valence-corrected chi connectivity index (χ1v) is 6.12. The van der Waals surface area contributed by atoms with Crippen molar-refractivity contribution in [2.45, 2.75) is 0 Å². The molecule has 0 saturated carbocycles. The number of carbonyl (C=O) groups is 1. The Hall–Kier alpha value is -2.82. The van der Waals surface area contributed by atoms with Crippen molar-refractivity contribution in [3.05, 3.63) is 54.1 Å². The van der Waals surface area contributed by atoms with Crippen LogP contribution in [0.5, 0.6) is 0 Å². The molecule has 3 rings (SSSR count). The van der Waals surface area contributed by atoms with Crippen LogP contribution in [0.4, 0.5) is 5.95 Å². The first-order chi connectivity index (χ1) is 9.70. The van der Waals surface area contributed by atoms with Gasteiger partial charge in [0.15, 0.2) is 0 Å². The second-order valence-corrected chi connectivity index (χ2v) is 4.34. The molecular formula is C15H13N3O2. The Bertz CT molecular complexity index is 793. The summed E-state index contributed by atoms with van der Waals surface area (Å²) in [5.74, 6) is 0.00283. The molecule has 0 aliphatic rings. The summed E-state index contributed by atoms with van der Waals surface area (Å²) >= 11 is 0. The molecule has 3 aromatic rings. The number of hydrogen-bond acceptors (Lipinski definition) is 4. The van der Waals surface area contributed by atoms with Crippen LogP contribution in [-0.2, 0) is 4.74 Å². The molecule has 2 N–H and O–H groups in total. The van der Waals surface area contributed by atoms with Crippen molar-refractivity contribution >= 4 is 23.0 Å². The number of aromatic nitrogens is 2. The molecule has 5 heteroatoms. The molecule has 0 unspecified atom stereocenters. The van der Waals surface area contributed by atoms with Gasteiger partial charge in [0.2, 0.25) is 5.95 Å². The molecular weight excluding hydrogens is 254 g/mol. The molecule has 5 nitrogen and oxygen atoms in total. The van der Waals surface area contributed by atoms with E-state index in [2.05, 4.69) is 4.98 Å². The maximum absolute atomic E-state index is 11.6. The SMILES string of the molecule is COC(=O)c1cccc(-n2c(N)nc3ccccc32)c1. The second-order valence-electron chi connectivity index (χ2n) is 4.34. The van der Waals surface area contributed by atoms with Crippen molar-refractivity contribution in [1.82, 2.24) is 9.55 Å². The summed E-state index contributed by atoms with van der Waals surface area (Å²) in [7, 11) is 1.36. The fourth-order valence-corrected chi connectivity index (χ4v) is 2.21. The van der Waals surface area contributed by atoms with E-state index >= 15 is 0 Å². The number of carbonyl (C=O) groups excluding carboxylic acids is 1. The molecule has 0 amide bonds. The second kappa shape index (κ2) is 4.70. The third-order valence-electron chi connectivity index (χ3n) is 3.11. The van der Waals surface area contributed by atoms with Gasteiger partial charge in [-0.1, -0.05) is 18.2 Å². The Morgan fingerprint density at radius 2 is 2.00 bits per heavy atom. The number of nitrogen functional groups attached to an aromatic ring is 1. The summed E-state index contributed by atoms with van der Waals surface area (Å²) in [5.41, 5.74) is 8.94. The molecule has 0 aliphatic carbocycles. The molecule has 100 valence electrons. The number of nitrogens with zero attached hydrogens (tertiary/aromatic N) is 2. The van der Waals surface area contributed by atoms with E-state index in [0.29, 0.717) is 11.5 Å². The highest BCUT2D eigenvalue weighted by Gasteiger charge is 2.11. The average molecular weight is 267 g/mol. The lowest BCUT2D eigenvalue weighted by Gasteiger charge is -2.08. The van der Waals surface area contributed by atoms with Crippen LogP contribution in [0.3, 0.4) is 0 Å². The minimum atomic E-state index is -0.380. The molecule has 2 aromatic carbocycles. The third kappa shape index (κ3) is 1.89. The van der Waals surface area contributed by atoms with E-state index in [4.69, 9.17) is 10.5 Å². The van der Waals surface area contributed by atoms with Gasteiger partial charge >= 0.3 is 5.97 Å². The molecule has 0 fully saturated rings. The summed E-state index contributed by atoms with van der Waals surface area (Å²) in [5, 5.41) is 0. The third-order valence-corrected chi connectivity index (χ3v) is 3.11.